The highest BCUT2D eigenvalue weighted by Crippen LogP contribution is 2.23. The molecule has 0 amide bonds. The molecular weight excluding hydrogens is 358 g/mol. The van der Waals surface area contributed by atoms with E-state index in [0.29, 0.717) is 23.0 Å². The van der Waals surface area contributed by atoms with Crippen LogP contribution < -0.4 is 5.56 Å². The Kier molecular flexibility index (Phi) is 4.29. The number of nitrogens with one attached hydrogen (secondary N) is 3. The molecule has 3 aromatic rings. The van der Waals surface area contributed by atoms with Crippen molar-refractivity contribution < 1.29 is 0 Å². The van der Waals surface area contributed by atoms with Gasteiger partial charge >= 0.3 is 0 Å². The lowest BCUT2D eigenvalue weighted by Crippen LogP contribution is -2.35. The Hall–Kier alpha value is -2.22. The van der Waals surface area contributed by atoms with Gasteiger partial charge in [0.15, 0.2) is 9.92 Å². The summed E-state index contributed by atoms with van der Waals surface area (Å²) < 4.78 is 0.376. The molecule has 8 heteroatoms. The van der Waals surface area contributed by atoms with E-state index in [9.17, 15) is 4.79 Å². The summed E-state index contributed by atoms with van der Waals surface area (Å²) in [6.45, 7) is 1.97. The molecule has 6 nitrogen and oxygen atoms in total. The zero-order chi connectivity index (χ0) is 17.4. The predicted octanol–water partition coefficient (Wildman–Crippen LogP) is 3.03. The molecule has 0 unspecified atom stereocenters. The van der Waals surface area contributed by atoms with Crippen molar-refractivity contribution >= 4 is 23.8 Å². The average Bonchev–Trinajstić information content (AvgIpc) is 2.97. The topological polar surface area (TPSA) is 80.6 Å². The van der Waals surface area contributed by atoms with Gasteiger partial charge in [-0.05, 0) is 12.2 Å². The van der Waals surface area contributed by atoms with Gasteiger partial charge in [0.05, 0.1) is 11.3 Å². The first kappa shape index (κ1) is 16.3. The standard InChI is InChI=1S/C17H16ClN5OS/c18-14-13(19-15(21-14)10-4-2-1-3-5-10)9-23-7-6-12-11(8-23)16(24)22-17(25)20-12/h1-5H,6-9H2,(H,19,21)(H2,20,22,24,25). The first-order valence-electron chi connectivity index (χ1n) is 7.96. The van der Waals surface area contributed by atoms with Crippen LogP contribution in [-0.4, -0.2) is 31.4 Å². The zero-order valence-corrected chi connectivity index (χ0v) is 14.9. The second-order valence-electron chi connectivity index (χ2n) is 6.05. The fourth-order valence-electron chi connectivity index (χ4n) is 3.10. The molecule has 0 saturated carbocycles. The highest BCUT2D eigenvalue weighted by molar-refractivity contribution is 7.71. The van der Waals surface area contributed by atoms with Crippen LogP contribution in [0.5, 0.6) is 0 Å². The minimum absolute atomic E-state index is 0.121. The summed E-state index contributed by atoms with van der Waals surface area (Å²) >= 11 is 11.3. The number of imidazole rings is 1. The Bertz CT molecular complexity index is 1020. The molecule has 3 heterocycles. The maximum Gasteiger partial charge on any atom is 0.256 e. The smallest absolute Gasteiger partial charge is 0.256 e. The Balaban J connectivity index is 1.56. The summed E-state index contributed by atoms with van der Waals surface area (Å²) in [4.78, 5) is 27.7. The van der Waals surface area contributed by atoms with Crippen molar-refractivity contribution in [1.82, 2.24) is 24.8 Å². The van der Waals surface area contributed by atoms with Gasteiger partial charge in [0, 0.05) is 37.3 Å². The van der Waals surface area contributed by atoms with Crippen LogP contribution in [0.25, 0.3) is 11.4 Å². The van der Waals surface area contributed by atoms with Gasteiger partial charge in [0.1, 0.15) is 5.82 Å². The molecule has 0 atom stereocenters. The Morgan fingerprint density at radius 3 is 2.80 bits per heavy atom. The van der Waals surface area contributed by atoms with E-state index in [1.807, 2.05) is 30.3 Å². The van der Waals surface area contributed by atoms with E-state index in [-0.39, 0.29) is 5.56 Å². The SMILES string of the molecule is O=c1[nH]c(=S)[nH]c2c1CN(Cc1[nH]c(-c3ccccc3)nc1Cl)CC2. The third-order valence-corrected chi connectivity index (χ3v) is 4.86. The number of aromatic amines is 3. The van der Waals surface area contributed by atoms with Gasteiger partial charge in [0.2, 0.25) is 0 Å². The number of fused-ring (bicyclic) bond motifs is 1. The van der Waals surface area contributed by atoms with Gasteiger partial charge in [-0.2, -0.15) is 0 Å². The Morgan fingerprint density at radius 1 is 1.20 bits per heavy atom. The summed E-state index contributed by atoms with van der Waals surface area (Å²) in [7, 11) is 0. The Morgan fingerprint density at radius 2 is 2.00 bits per heavy atom. The van der Waals surface area contributed by atoms with Crippen LogP contribution in [-0.2, 0) is 19.5 Å². The van der Waals surface area contributed by atoms with Crippen LogP contribution in [0.3, 0.4) is 0 Å². The Labute approximate surface area is 153 Å². The van der Waals surface area contributed by atoms with E-state index in [4.69, 9.17) is 23.8 Å². The van der Waals surface area contributed by atoms with Crippen molar-refractivity contribution in [3.8, 4) is 11.4 Å². The molecule has 4 rings (SSSR count). The zero-order valence-electron chi connectivity index (χ0n) is 13.3. The minimum Gasteiger partial charge on any atom is -0.339 e. The van der Waals surface area contributed by atoms with Crippen LogP contribution in [0.2, 0.25) is 5.15 Å². The van der Waals surface area contributed by atoms with Gasteiger partial charge in [0.25, 0.3) is 5.56 Å². The molecule has 128 valence electrons. The molecule has 1 aromatic carbocycles. The molecule has 0 bridgehead atoms. The molecule has 2 aromatic heterocycles. The maximum absolute atomic E-state index is 12.1. The van der Waals surface area contributed by atoms with Gasteiger partial charge < -0.3 is 9.97 Å². The second-order valence-corrected chi connectivity index (χ2v) is 6.81. The first-order chi connectivity index (χ1) is 12.1. The van der Waals surface area contributed by atoms with E-state index < -0.39 is 0 Å². The number of halogens is 1. The average molecular weight is 374 g/mol. The molecule has 0 aliphatic carbocycles. The second kappa shape index (κ2) is 6.59. The fourth-order valence-corrected chi connectivity index (χ4v) is 3.50. The molecule has 0 fully saturated rings. The molecule has 25 heavy (non-hydrogen) atoms. The molecule has 0 radical (unpaired) electrons. The van der Waals surface area contributed by atoms with Crippen LogP contribution >= 0.6 is 23.8 Å². The summed E-state index contributed by atoms with van der Waals surface area (Å²) in [5.74, 6) is 0.750. The van der Waals surface area contributed by atoms with Crippen LogP contribution in [0.15, 0.2) is 35.1 Å². The normalized spacial score (nSPS) is 14.4. The van der Waals surface area contributed by atoms with Crippen molar-refractivity contribution in [2.45, 2.75) is 19.5 Å². The monoisotopic (exact) mass is 373 g/mol. The first-order valence-corrected chi connectivity index (χ1v) is 8.75. The molecular formula is C17H16ClN5OS. The largest absolute Gasteiger partial charge is 0.339 e. The maximum atomic E-state index is 12.1. The predicted molar refractivity (Wildman–Crippen MR) is 99.1 cm³/mol. The number of nitrogens with zero attached hydrogens (tertiary/aromatic N) is 2. The number of hydrogen-bond donors (Lipinski definition) is 3. The molecule has 0 spiro atoms. The van der Waals surface area contributed by atoms with E-state index >= 15 is 0 Å². The van der Waals surface area contributed by atoms with Gasteiger partial charge in [-0.15, -0.1) is 0 Å². The highest BCUT2D eigenvalue weighted by Gasteiger charge is 2.21. The lowest BCUT2D eigenvalue weighted by Gasteiger charge is -2.27. The molecule has 3 N–H and O–H groups in total. The van der Waals surface area contributed by atoms with Crippen molar-refractivity contribution in [3.63, 3.8) is 0 Å². The fraction of sp³-hybridized carbons (Fsp3) is 0.235. The number of benzene rings is 1. The lowest BCUT2D eigenvalue weighted by molar-refractivity contribution is 0.239. The summed E-state index contributed by atoms with van der Waals surface area (Å²) in [5.41, 5.74) is 3.38. The van der Waals surface area contributed by atoms with Crippen molar-refractivity contribution in [1.29, 1.82) is 0 Å². The van der Waals surface area contributed by atoms with E-state index in [2.05, 4.69) is 24.8 Å². The van der Waals surface area contributed by atoms with Crippen LogP contribution in [0.1, 0.15) is 17.0 Å². The van der Waals surface area contributed by atoms with E-state index in [1.54, 1.807) is 0 Å². The summed E-state index contributed by atoms with van der Waals surface area (Å²) in [6.07, 6.45) is 0.750. The molecule has 1 aliphatic rings. The number of rotatable bonds is 3. The molecule has 1 aliphatic heterocycles. The van der Waals surface area contributed by atoms with Crippen molar-refractivity contribution in [2.75, 3.05) is 6.54 Å². The minimum atomic E-state index is -0.121. The van der Waals surface area contributed by atoms with Crippen molar-refractivity contribution in [3.05, 3.63) is 67.6 Å². The molecule has 0 saturated heterocycles. The summed E-state index contributed by atoms with van der Waals surface area (Å²) in [6, 6.07) is 9.85. The van der Waals surface area contributed by atoms with Gasteiger partial charge in [-0.25, -0.2) is 4.98 Å². The van der Waals surface area contributed by atoms with E-state index in [0.717, 1.165) is 41.3 Å². The van der Waals surface area contributed by atoms with Gasteiger partial charge in [-0.1, -0.05) is 41.9 Å². The van der Waals surface area contributed by atoms with Crippen LogP contribution in [0.4, 0.5) is 0 Å². The highest BCUT2D eigenvalue weighted by atomic mass is 35.5. The third kappa shape index (κ3) is 3.30. The number of H-pyrrole nitrogens is 3. The van der Waals surface area contributed by atoms with Gasteiger partial charge in [-0.3, -0.25) is 14.7 Å². The number of hydrogen-bond acceptors (Lipinski definition) is 4. The quantitative estimate of drug-likeness (QED) is 0.616. The summed E-state index contributed by atoms with van der Waals surface area (Å²) in [5, 5.41) is 0.464. The lowest BCUT2D eigenvalue weighted by atomic mass is 10.1. The van der Waals surface area contributed by atoms with Crippen LogP contribution in [0, 0.1) is 4.77 Å². The number of aromatic nitrogens is 4. The van der Waals surface area contributed by atoms with Crippen molar-refractivity contribution in [2.24, 2.45) is 0 Å². The van der Waals surface area contributed by atoms with E-state index in [1.165, 1.54) is 0 Å². The third-order valence-electron chi connectivity index (χ3n) is 4.35.